The number of hydrogen-bond donors (Lipinski definition) is 0. The third-order valence-corrected chi connectivity index (χ3v) is 5.73. The van der Waals surface area contributed by atoms with Crippen LogP contribution in [-0.2, 0) is 0 Å². The van der Waals surface area contributed by atoms with E-state index in [1.54, 1.807) is 12.1 Å². The molecule has 3 rings (SSSR count). The zero-order chi connectivity index (χ0) is 19.2. The van der Waals surface area contributed by atoms with Crippen molar-refractivity contribution in [2.75, 3.05) is 31.1 Å². The molecule has 0 aromatic heterocycles. The molecule has 1 aromatic carbocycles. The summed E-state index contributed by atoms with van der Waals surface area (Å²) in [6.07, 6.45) is 9.08. The van der Waals surface area contributed by atoms with E-state index in [9.17, 15) is 10.1 Å². The summed E-state index contributed by atoms with van der Waals surface area (Å²) in [5.74, 6) is 0.629. The number of non-ortho nitro benzene ring substituents is 1. The number of piperidine rings is 1. The maximum Gasteiger partial charge on any atom is 0.273 e. The van der Waals surface area contributed by atoms with Crippen LogP contribution in [0.3, 0.4) is 0 Å². The van der Waals surface area contributed by atoms with Crippen molar-refractivity contribution in [3.63, 3.8) is 0 Å². The third kappa shape index (κ3) is 5.34. The third-order valence-electron chi connectivity index (χ3n) is 5.73. The van der Waals surface area contributed by atoms with E-state index in [1.807, 2.05) is 19.9 Å². The highest BCUT2D eigenvalue weighted by Crippen LogP contribution is 2.35. The Morgan fingerprint density at radius 2 is 1.67 bits per heavy atom. The monoisotopic (exact) mass is 375 g/mol. The molecule has 2 heterocycles. The molecular formula is C21H33N3O3. The smallest absolute Gasteiger partial charge is 0.273 e. The minimum absolute atomic E-state index is 0.00988. The van der Waals surface area contributed by atoms with Crippen molar-refractivity contribution < 1.29 is 9.66 Å². The van der Waals surface area contributed by atoms with Gasteiger partial charge in [-0.3, -0.25) is 10.1 Å². The second-order valence-corrected chi connectivity index (χ2v) is 8.10. The van der Waals surface area contributed by atoms with Crippen LogP contribution in [0.5, 0.6) is 5.75 Å². The highest BCUT2D eigenvalue weighted by atomic mass is 16.6. The first-order valence-corrected chi connectivity index (χ1v) is 10.5. The van der Waals surface area contributed by atoms with E-state index < -0.39 is 0 Å². The van der Waals surface area contributed by atoms with Crippen LogP contribution in [0.4, 0.5) is 11.4 Å². The van der Waals surface area contributed by atoms with Crippen LogP contribution in [0.2, 0.25) is 0 Å². The molecule has 0 bridgehead atoms. The molecule has 6 nitrogen and oxygen atoms in total. The molecular weight excluding hydrogens is 342 g/mol. The Morgan fingerprint density at radius 3 is 2.26 bits per heavy atom. The highest BCUT2D eigenvalue weighted by Gasteiger charge is 2.27. The number of ether oxygens (including phenoxy) is 1. The summed E-state index contributed by atoms with van der Waals surface area (Å²) < 4.78 is 5.91. The Bertz CT molecular complexity index is 619. The van der Waals surface area contributed by atoms with Crippen LogP contribution in [0.15, 0.2) is 18.2 Å². The summed E-state index contributed by atoms with van der Waals surface area (Å²) >= 11 is 0. The molecule has 0 radical (unpaired) electrons. The average molecular weight is 376 g/mol. The Hall–Kier alpha value is -1.82. The Morgan fingerprint density at radius 1 is 1.04 bits per heavy atom. The lowest BCUT2D eigenvalue weighted by Crippen LogP contribution is -2.46. The van der Waals surface area contributed by atoms with Crippen molar-refractivity contribution in [3.05, 3.63) is 28.3 Å². The van der Waals surface area contributed by atoms with Crippen LogP contribution in [0.1, 0.15) is 58.8 Å². The predicted octanol–water partition coefficient (Wildman–Crippen LogP) is 4.62. The number of hydrogen-bond acceptors (Lipinski definition) is 5. The fraction of sp³-hybridized carbons (Fsp3) is 0.714. The van der Waals surface area contributed by atoms with Gasteiger partial charge < -0.3 is 14.5 Å². The lowest BCUT2D eigenvalue weighted by Gasteiger charge is -2.40. The van der Waals surface area contributed by atoms with Crippen molar-refractivity contribution in [2.45, 2.75) is 70.9 Å². The lowest BCUT2D eigenvalue weighted by atomic mass is 9.99. The summed E-state index contributed by atoms with van der Waals surface area (Å²) in [5, 5.41) is 11.1. The first-order valence-electron chi connectivity index (χ1n) is 10.5. The summed E-state index contributed by atoms with van der Waals surface area (Å²) in [6, 6.07) is 5.69. The Balaban J connectivity index is 1.66. The normalized spacial score (nSPS) is 20.3. The number of rotatable bonds is 5. The molecule has 0 aliphatic carbocycles. The molecule has 27 heavy (non-hydrogen) atoms. The van der Waals surface area contributed by atoms with Crippen LogP contribution < -0.4 is 9.64 Å². The maximum atomic E-state index is 11.1. The molecule has 0 saturated carbocycles. The van der Waals surface area contributed by atoms with E-state index in [2.05, 4.69) is 9.80 Å². The van der Waals surface area contributed by atoms with Gasteiger partial charge in [-0.15, -0.1) is 0 Å². The first-order chi connectivity index (χ1) is 13.0. The van der Waals surface area contributed by atoms with Crippen LogP contribution in [0, 0.1) is 10.1 Å². The van der Waals surface area contributed by atoms with Gasteiger partial charge in [0.1, 0.15) is 5.75 Å². The van der Waals surface area contributed by atoms with Crippen molar-refractivity contribution in [2.24, 2.45) is 0 Å². The molecule has 0 amide bonds. The van der Waals surface area contributed by atoms with E-state index >= 15 is 0 Å². The van der Waals surface area contributed by atoms with Gasteiger partial charge >= 0.3 is 0 Å². The van der Waals surface area contributed by atoms with Gasteiger partial charge in [0.05, 0.1) is 22.8 Å². The quantitative estimate of drug-likeness (QED) is 0.555. The fourth-order valence-electron chi connectivity index (χ4n) is 4.33. The van der Waals surface area contributed by atoms with Gasteiger partial charge in [0, 0.05) is 25.2 Å². The van der Waals surface area contributed by atoms with E-state index in [0.717, 1.165) is 31.6 Å². The first kappa shape index (κ1) is 19.9. The van der Waals surface area contributed by atoms with Crippen molar-refractivity contribution in [1.82, 2.24) is 4.90 Å². The molecule has 0 unspecified atom stereocenters. The van der Waals surface area contributed by atoms with Gasteiger partial charge in [0.15, 0.2) is 0 Å². The summed E-state index contributed by atoms with van der Waals surface area (Å²) in [5.41, 5.74) is 1.07. The van der Waals surface area contributed by atoms with Crippen molar-refractivity contribution in [3.8, 4) is 5.75 Å². The van der Waals surface area contributed by atoms with Gasteiger partial charge in [-0.1, -0.05) is 19.3 Å². The SMILES string of the molecule is CC(C)Oc1cc([N+](=O)[O-])ccc1N1CCC(N2CCCCCCC2)CC1. The number of nitro benzene ring substituents is 1. The summed E-state index contributed by atoms with van der Waals surface area (Å²) in [4.78, 5) is 15.8. The van der Waals surface area contributed by atoms with Crippen LogP contribution in [0.25, 0.3) is 0 Å². The zero-order valence-electron chi connectivity index (χ0n) is 16.7. The van der Waals surface area contributed by atoms with Crippen molar-refractivity contribution >= 4 is 11.4 Å². The average Bonchev–Trinajstić information content (AvgIpc) is 2.61. The molecule has 0 atom stereocenters. The highest BCUT2D eigenvalue weighted by molar-refractivity contribution is 5.62. The maximum absolute atomic E-state index is 11.1. The van der Waals surface area contributed by atoms with E-state index in [4.69, 9.17) is 4.74 Å². The van der Waals surface area contributed by atoms with Gasteiger partial charge in [0.25, 0.3) is 5.69 Å². The molecule has 6 heteroatoms. The number of benzene rings is 1. The second-order valence-electron chi connectivity index (χ2n) is 8.10. The molecule has 1 aromatic rings. The van der Waals surface area contributed by atoms with Gasteiger partial charge in [-0.25, -0.2) is 0 Å². The largest absolute Gasteiger partial charge is 0.489 e. The molecule has 0 N–H and O–H groups in total. The number of likely N-dealkylation sites (tertiary alicyclic amines) is 1. The molecule has 2 aliphatic rings. The molecule has 2 saturated heterocycles. The number of anilines is 1. The zero-order valence-corrected chi connectivity index (χ0v) is 16.7. The van der Waals surface area contributed by atoms with Crippen molar-refractivity contribution in [1.29, 1.82) is 0 Å². The molecule has 2 fully saturated rings. The standard InChI is InChI=1S/C21H33N3O3/c1-17(2)27-21-16-19(24(25)26)8-9-20(21)23-14-10-18(11-15-23)22-12-6-4-3-5-7-13-22/h8-9,16-18H,3-7,10-15H2,1-2H3. The summed E-state index contributed by atoms with van der Waals surface area (Å²) in [7, 11) is 0. The van der Waals surface area contributed by atoms with Gasteiger partial charge in [-0.2, -0.15) is 0 Å². The molecule has 150 valence electrons. The minimum Gasteiger partial charge on any atom is -0.489 e. The van der Waals surface area contributed by atoms with E-state index in [0.29, 0.717) is 11.8 Å². The summed E-state index contributed by atoms with van der Waals surface area (Å²) in [6.45, 7) is 8.35. The second kappa shape index (κ2) is 9.40. The number of nitro groups is 1. The van der Waals surface area contributed by atoms with Crippen LogP contribution in [-0.4, -0.2) is 48.1 Å². The van der Waals surface area contributed by atoms with E-state index in [1.165, 1.54) is 45.2 Å². The number of nitrogens with zero attached hydrogens (tertiary/aromatic N) is 3. The Labute approximate surface area is 162 Å². The van der Waals surface area contributed by atoms with Crippen LogP contribution >= 0.6 is 0 Å². The topological polar surface area (TPSA) is 58.9 Å². The van der Waals surface area contributed by atoms with Gasteiger partial charge in [0.2, 0.25) is 0 Å². The van der Waals surface area contributed by atoms with Gasteiger partial charge in [-0.05, 0) is 58.7 Å². The predicted molar refractivity (Wildman–Crippen MR) is 109 cm³/mol. The molecule has 2 aliphatic heterocycles. The molecule has 0 spiro atoms. The van der Waals surface area contributed by atoms with E-state index in [-0.39, 0.29) is 16.7 Å². The lowest BCUT2D eigenvalue weighted by molar-refractivity contribution is -0.384. The fourth-order valence-corrected chi connectivity index (χ4v) is 4.33. The minimum atomic E-state index is -0.356. The Kier molecular flexibility index (Phi) is 6.94.